The molecule has 0 aliphatic carbocycles. The number of hydrogen-bond donors (Lipinski definition) is 1. The van der Waals surface area contributed by atoms with E-state index >= 15 is 0 Å². The molecule has 4 rings (SSSR count). The normalized spacial score (nSPS) is 21.9. The number of quaternary nitrogens is 1. The third-order valence-electron chi connectivity index (χ3n) is 5.62. The zero-order valence-corrected chi connectivity index (χ0v) is 18.6. The highest BCUT2D eigenvalue weighted by atomic mass is 32.1. The second kappa shape index (κ2) is 8.86. The zero-order chi connectivity index (χ0) is 21.0. The summed E-state index contributed by atoms with van der Waals surface area (Å²) in [4.78, 5) is 14.3. The standard InChI is InChI=1S/C24H26NO3S2/c1-25(14-5-10-19-8-3-2-4-9-19)15-13-20(18-25)28-23(26)24(27,21-11-6-16-29-21)22-12-7-17-30-22/h2-12,16-17,20,27H,13-15,18H2,1H3/q+1/b10-5+. The Morgan fingerprint density at radius 3 is 2.40 bits per heavy atom. The number of hydrogen-bond acceptors (Lipinski definition) is 5. The molecule has 4 nitrogen and oxygen atoms in total. The van der Waals surface area contributed by atoms with Gasteiger partial charge in [0.05, 0.1) is 29.9 Å². The Labute approximate surface area is 185 Å². The summed E-state index contributed by atoms with van der Waals surface area (Å²) in [5.74, 6) is -0.578. The number of benzene rings is 1. The Morgan fingerprint density at radius 1 is 1.13 bits per heavy atom. The van der Waals surface area contributed by atoms with Gasteiger partial charge in [0, 0.05) is 6.42 Å². The van der Waals surface area contributed by atoms with Crippen LogP contribution in [-0.2, 0) is 15.1 Å². The fourth-order valence-corrected chi connectivity index (χ4v) is 5.64. The highest BCUT2D eigenvalue weighted by Crippen LogP contribution is 2.37. The summed E-state index contributed by atoms with van der Waals surface area (Å²) in [6, 6.07) is 17.5. The molecule has 0 spiro atoms. The lowest BCUT2D eigenvalue weighted by Crippen LogP contribution is -2.44. The van der Waals surface area contributed by atoms with Gasteiger partial charge in [-0.05, 0) is 34.5 Å². The molecule has 3 aromatic rings. The van der Waals surface area contributed by atoms with Gasteiger partial charge >= 0.3 is 5.97 Å². The van der Waals surface area contributed by atoms with Gasteiger partial charge in [-0.3, -0.25) is 0 Å². The molecule has 30 heavy (non-hydrogen) atoms. The monoisotopic (exact) mass is 440 g/mol. The average molecular weight is 441 g/mol. The van der Waals surface area contributed by atoms with Crippen LogP contribution in [0, 0.1) is 0 Å². The van der Waals surface area contributed by atoms with Crippen LogP contribution in [0.2, 0.25) is 0 Å². The molecular formula is C24H26NO3S2+. The topological polar surface area (TPSA) is 46.5 Å². The maximum absolute atomic E-state index is 13.1. The SMILES string of the molecule is C[N+]1(C/C=C/c2ccccc2)CCC(OC(=O)C(O)(c2cccs2)c2cccs2)C1. The maximum Gasteiger partial charge on any atom is 0.349 e. The first kappa shape index (κ1) is 21.0. The van der Waals surface area contributed by atoms with Crippen LogP contribution in [-0.4, -0.2) is 48.3 Å². The Balaban J connectivity index is 1.42. The molecular weight excluding hydrogens is 414 g/mol. The summed E-state index contributed by atoms with van der Waals surface area (Å²) in [5.41, 5.74) is -0.551. The molecule has 2 aromatic heterocycles. The van der Waals surface area contributed by atoms with Crippen LogP contribution >= 0.6 is 22.7 Å². The lowest BCUT2D eigenvalue weighted by atomic mass is 10.00. The minimum absolute atomic E-state index is 0.195. The smallest absolute Gasteiger partial charge is 0.349 e. The third-order valence-corrected chi connectivity index (χ3v) is 7.57. The number of esters is 1. The molecule has 1 aliphatic heterocycles. The van der Waals surface area contributed by atoms with Gasteiger partial charge in [-0.1, -0.05) is 48.5 Å². The van der Waals surface area contributed by atoms with E-state index in [0.29, 0.717) is 9.75 Å². The average Bonchev–Trinajstić information content (AvgIpc) is 3.51. The molecule has 2 unspecified atom stereocenters. The molecule has 0 bridgehead atoms. The van der Waals surface area contributed by atoms with Gasteiger partial charge in [0.1, 0.15) is 6.54 Å². The van der Waals surface area contributed by atoms with E-state index < -0.39 is 11.6 Å². The van der Waals surface area contributed by atoms with Crippen LogP contribution < -0.4 is 0 Å². The summed E-state index contributed by atoms with van der Waals surface area (Å²) < 4.78 is 6.69. The molecule has 0 radical (unpaired) electrons. The van der Waals surface area contributed by atoms with Gasteiger partial charge < -0.3 is 14.3 Å². The van der Waals surface area contributed by atoms with Gasteiger partial charge in [-0.25, -0.2) is 4.79 Å². The maximum atomic E-state index is 13.1. The van der Waals surface area contributed by atoms with Gasteiger partial charge in [0.25, 0.3) is 0 Å². The quantitative estimate of drug-likeness (QED) is 0.434. The van der Waals surface area contributed by atoms with E-state index in [9.17, 15) is 9.90 Å². The van der Waals surface area contributed by atoms with Crippen LogP contribution in [0.1, 0.15) is 21.7 Å². The second-order valence-corrected chi connectivity index (χ2v) is 9.90. The largest absolute Gasteiger partial charge is 0.453 e. The molecule has 156 valence electrons. The number of aliphatic hydroxyl groups is 1. The number of likely N-dealkylation sites (tertiary alicyclic amines) is 1. The van der Waals surface area contributed by atoms with Crippen LogP contribution in [0.15, 0.2) is 71.4 Å². The molecule has 1 aromatic carbocycles. The third kappa shape index (κ3) is 4.42. The molecule has 0 saturated carbocycles. The van der Waals surface area contributed by atoms with Gasteiger partial charge in [-0.15, -0.1) is 22.7 Å². The van der Waals surface area contributed by atoms with Crippen LogP contribution in [0.25, 0.3) is 6.08 Å². The molecule has 1 aliphatic rings. The van der Waals surface area contributed by atoms with E-state index in [1.807, 2.05) is 41.1 Å². The number of nitrogens with zero attached hydrogens (tertiary/aromatic N) is 1. The molecule has 3 heterocycles. The predicted molar refractivity (Wildman–Crippen MR) is 122 cm³/mol. The minimum Gasteiger partial charge on any atom is -0.453 e. The Kier molecular flexibility index (Phi) is 6.20. The lowest BCUT2D eigenvalue weighted by molar-refractivity contribution is -0.893. The first-order valence-corrected chi connectivity index (χ1v) is 11.8. The van der Waals surface area contributed by atoms with Crippen molar-refractivity contribution in [3.05, 3.63) is 86.8 Å². The second-order valence-electron chi connectivity index (χ2n) is 8.00. The fourth-order valence-electron chi connectivity index (χ4n) is 3.93. The van der Waals surface area contributed by atoms with Gasteiger partial charge in [-0.2, -0.15) is 0 Å². The Hall–Kier alpha value is -2.25. The van der Waals surface area contributed by atoms with E-state index in [4.69, 9.17) is 4.74 Å². The minimum atomic E-state index is -1.73. The van der Waals surface area contributed by atoms with Gasteiger partial charge in [0.15, 0.2) is 6.10 Å². The zero-order valence-electron chi connectivity index (χ0n) is 16.9. The fraction of sp³-hybridized carbons (Fsp3) is 0.292. The highest BCUT2D eigenvalue weighted by Gasteiger charge is 2.46. The Bertz CT molecular complexity index is 949. The number of thiophene rings is 2. The van der Waals surface area contributed by atoms with E-state index in [1.54, 1.807) is 12.1 Å². The van der Waals surface area contributed by atoms with E-state index in [2.05, 4.69) is 31.3 Å². The van der Waals surface area contributed by atoms with Crippen molar-refractivity contribution in [2.45, 2.75) is 18.1 Å². The number of ether oxygens (including phenoxy) is 1. The number of carbonyl (C=O) groups excluding carboxylic acids is 1. The molecule has 0 amide bonds. The van der Waals surface area contributed by atoms with Crippen LogP contribution in [0.5, 0.6) is 0 Å². The summed E-state index contributed by atoms with van der Waals surface area (Å²) in [7, 11) is 2.19. The first-order valence-electron chi connectivity index (χ1n) is 10.1. The summed E-state index contributed by atoms with van der Waals surface area (Å²) in [5, 5.41) is 15.1. The summed E-state index contributed by atoms with van der Waals surface area (Å²) in [6.45, 7) is 2.56. The molecule has 1 N–H and O–H groups in total. The van der Waals surface area contributed by atoms with Crippen molar-refractivity contribution in [3.8, 4) is 0 Å². The highest BCUT2D eigenvalue weighted by molar-refractivity contribution is 7.12. The van der Waals surface area contributed by atoms with E-state index in [1.165, 1.54) is 28.2 Å². The van der Waals surface area contributed by atoms with Crippen molar-refractivity contribution >= 4 is 34.7 Å². The number of likely N-dealkylation sites (N-methyl/N-ethyl adjacent to an activating group) is 1. The van der Waals surface area contributed by atoms with Crippen molar-refractivity contribution in [1.82, 2.24) is 0 Å². The molecule has 1 fully saturated rings. The van der Waals surface area contributed by atoms with Crippen LogP contribution in [0.4, 0.5) is 0 Å². The van der Waals surface area contributed by atoms with Crippen molar-refractivity contribution in [2.24, 2.45) is 0 Å². The lowest BCUT2D eigenvalue weighted by Gasteiger charge is -2.29. The molecule has 1 saturated heterocycles. The molecule has 6 heteroatoms. The first-order chi connectivity index (χ1) is 14.5. The van der Waals surface area contributed by atoms with Crippen molar-refractivity contribution in [3.63, 3.8) is 0 Å². The predicted octanol–water partition coefficient (Wildman–Crippen LogP) is 4.52. The van der Waals surface area contributed by atoms with E-state index in [-0.39, 0.29) is 6.10 Å². The van der Waals surface area contributed by atoms with Crippen molar-refractivity contribution in [2.75, 3.05) is 26.7 Å². The van der Waals surface area contributed by atoms with E-state index in [0.717, 1.165) is 30.5 Å². The Morgan fingerprint density at radius 2 is 1.80 bits per heavy atom. The number of carbonyl (C=O) groups is 1. The van der Waals surface area contributed by atoms with Crippen LogP contribution in [0.3, 0.4) is 0 Å². The summed E-state index contributed by atoms with van der Waals surface area (Å²) >= 11 is 2.73. The van der Waals surface area contributed by atoms with Crippen molar-refractivity contribution < 1.29 is 19.1 Å². The van der Waals surface area contributed by atoms with Crippen molar-refractivity contribution in [1.29, 1.82) is 0 Å². The summed E-state index contributed by atoms with van der Waals surface area (Å²) in [6.07, 6.45) is 4.92. The van der Waals surface area contributed by atoms with Gasteiger partial charge in [0.2, 0.25) is 5.60 Å². The number of rotatable bonds is 7. The molecule has 2 atom stereocenters.